The number of rotatable bonds is 10. The number of benzene rings is 2. The lowest BCUT2D eigenvalue weighted by atomic mass is 9.95. The van der Waals surface area contributed by atoms with Crippen LogP contribution in [0.25, 0.3) is 0 Å². The van der Waals surface area contributed by atoms with Gasteiger partial charge in [0.15, 0.2) is 0 Å². The number of ketones is 1. The summed E-state index contributed by atoms with van der Waals surface area (Å²) in [6.45, 7) is 7.03. The Morgan fingerprint density at radius 1 is 1.07 bits per heavy atom. The Kier molecular flexibility index (Phi) is 7.15. The molecule has 29 heavy (non-hydrogen) atoms. The van der Waals surface area contributed by atoms with E-state index in [0.29, 0.717) is 19.6 Å². The number of likely N-dealkylation sites (N-methyl/N-ethyl adjacent to an activating group) is 1. The monoisotopic (exact) mass is 396 g/mol. The fourth-order valence-corrected chi connectivity index (χ4v) is 3.59. The molecule has 5 nitrogen and oxygen atoms in total. The molecule has 1 atom stereocenters. The molecule has 0 unspecified atom stereocenters. The van der Waals surface area contributed by atoms with Gasteiger partial charge in [0.2, 0.25) is 0 Å². The first-order valence-corrected chi connectivity index (χ1v) is 10.4. The van der Waals surface area contributed by atoms with Crippen LogP contribution in [0.15, 0.2) is 48.5 Å². The van der Waals surface area contributed by atoms with E-state index in [2.05, 4.69) is 36.1 Å². The molecule has 1 aliphatic rings. The third-order valence-corrected chi connectivity index (χ3v) is 5.14. The maximum absolute atomic E-state index is 12.0. The van der Waals surface area contributed by atoms with Crippen molar-refractivity contribution in [1.82, 2.24) is 4.90 Å². The van der Waals surface area contributed by atoms with E-state index in [4.69, 9.17) is 9.47 Å². The van der Waals surface area contributed by atoms with Crippen LogP contribution in [0.3, 0.4) is 0 Å². The van der Waals surface area contributed by atoms with Crippen LogP contribution in [0, 0.1) is 0 Å². The zero-order chi connectivity index (χ0) is 20.8. The third kappa shape index (κ3) is 5.97. The molecule has 0 aliphatic carbocycles. The Hall–Kier alpha value is -2.53. The van der Waals surface area contributed by atoms with Crippen molar-refractivity contribution in [2.45, 2.75) is 32.3 Å². The number of nitrogens with zero attached hydrogens (tertiary/aromatic N) is 2. The van der Waals surface area contributed by atoms with Crippen LogP contribution >= 0.6 is 0 Å². The van der Waals surface area contributed by atoms with Gasteiger partial charge in [-0.25, -0.2) is 0 Å². The van der Waals surface area contributed by atoms with E-state index in [-0.39, 0.29) is 17.8 Å². The Labute approximate surface area is 174 Å². The highest BCUT2D eigenvalue weighted by Gasteiger charge is 2.28. The second-order valence-corrected chi connectivity index (χ2v) is 8.02. The van der Waals surface area contributed by atoms with E-state index in [9.17, 15) is 4.79 Å². The van der Waals surface area contributed by atoms with E-state index in [1.165, 1.54) is 11.3 Å². The summed E-state index contributed by atoms with van der Waals surface area (Å²) < 4.78 is 11.6. The molecule has 1 fully saturated rings. The topological polar surface area (TPSA) is 42.0 Å². The van der Waals surface area contributed by atoms with Crippen molar-refractivity contribution >= 4 is 11.5 Å². The molecule has 0 amide bonds. The lowest BCUT2D eigenvalue weighted by Crippen LogP contribution is -2.54. The van der Waals surface area contributed by atoms with Crippen LogP contribution in [-0.2, 0) is 4.79 Å². The van der Waals surface area contributed by atoms with Crippen LogP contribution in [0.5, 0.6) is 11.5 Å². The van der Waals surface area contributed by atoms with Crippen molar-refractivity contribution < 1.29 is 14.3 Å². The summed E-state index contributed by atoms with van der Waals surface area (Å²) in [4.78, 5) is 16.2. The molecule has 2 aromatic carbocycles. The van der Waals surface area contributed by atoms with Crippen molar-refractivity contribution in [2.75, 3.05) is 45.2 Å². The van der Waals surface area contributed by atoms with Crippen molar-refractivity contribution in [2.24, 2.45) is 0 Å². The molecule has 0 spiro atoms. The highest BCUT2D eigenvalue weighted by Crippen LogP contribution is 2.27. The average molecular weight is 397 g/mol. The number of carbonyl (C=O) groups is 1. The maximum Gasteiger partial charge on any atom is 0.147 e. The zero-order valence-electron chi connectivity index (χ0n) is 17.9. The first-order chi connectivity index (χ1) is 13.9. The summed E-state index contributed by atoms with van der Waals surface area (Å²) in [5.74, 6) is 2.28. The molecule has 0 N–H and O–H groups in total. The Balaban J connectivity index is 1.45. The maximum atomic E-state index is 12.0. The lowest BCUT2D eigenvalue weighted by molar-refractivity contribution is -0.119. The van der Waals surface area contributed by atoms with Gasteiger partial charge in [0.25, 0.3) is 0 Å². The normalized spacial score (nSPS) is 15.1. The third-order valence-electron chi connectivity index (χ3n) is 5.14. The van der Waals surface area contributed by atoms with Crippen molar-refractivity contribution in [3.8, 4) is 11.5 Å². The molecule has 0 aromatic heterocycles. The molecule has 1 heterocycles. The minimum absolute atomic E-state index is 0.200. The molecular formula is C24H32N2O3. The predicted octanol–water partition coefficient (Wildman–Crippen LogP) is 3.98. The molecule has 5 heteroatoms. The summed E-state index contributed by atoms with van der Waals surface area (Å²) in [7, 11) is 3.85. The van der Waals surface area contributed by atoms with E-state index < -0.39 is 0 Å². The van der Waals surface area contributed by atoms with E-state index in [1.807, 2.05) is 50.2 Å². The second kappa shape index (κ2) is 9.79. The molecule has 2 aromatic rings. The van der Waals surface area contributed by atoms with Crippen molar-refractivity contribution in [1.29, 1.82) is 0 Å². The number of hydrogen-bond donors (Lipinski definition) is 0. The number of Topliss-reactive ketones (excluding diaryl/α,β-unsaturated/α-hetero) is 1. The van der Waals surface area contributed by atoms with Gasteiger partial charge in [0, 0.05) is 12.1 Å². The van der Waals surface area contributed by atoms with Crippen LogP contribution in [0.4, 0.5) is 5.69 Å². The summed E-state index contributed by atoms with van der Waals surface area (Å²) in [6, 6.07) is 16.4. The molecule has 156 valence electrons. The highest BCUT2D eigenvalue weighted by atomic mass is 16.5. The number of hydrogen-bond acceptors (Lipinski definition) is 5. The lowest BCUT2D eigenvalue weighted by Gasteiger charge is -2.40. The standard InChI is InChI=1S/C24H32N2O3/c1-5-28-22-12-8-20(9-13-22)26-16-24(17-26)29-23-10-6-19(7-11-23)18(2)14-21(27)15-25(3)4/h6-13,18,24H,5,14-17H2,1-4H3/t18-/m1/s1. The first kappa shape index (κ1) is 21.2. The minimum Gasteiger partial charge on any atom is -0.494 e. The average Bonchev–Trinajstić information content (AvgIpc) is 2.65. The fraction of sp³-hybridized carbons (Fsp3) is 0.458. The first-order valence-electron chi connectivity index (χ1n) is 10.4. The molecular weight excluding hydrogens is 364 g/mol. The summed E-state index contributed by atoms with van der Waals surface area (Å²) in [5, 5.41) is 0. The van der Waals surface area contributed by atoms with Crippen molar-refractivity contribution in [3.63, 3.8) is 0 Å². The Morgan fingerprint density at radius 3 is 2.28 bits per heavy atom. The van der Waals surface area contributed by atoms with Crippen molar-refractivity contribution in [3.05, 3.63) is 54.1 Å². The van der Waals surface area contributed by atoms with Crippen LogP contribution < -0.4 is 14.4 Å². The fourth-order valence-electron chi connectivity index (χ4n) is 3.59. The molecule has 1 saturated heterocycles. The van der Waals surface area contributed by atoms with Gasteiger partial charge in [0.05, 0.1) is 26.2 Å². The Bertz CT molecular complexity index is 781. The quantitative estimate of drug-likeness (QED) is 0.608. The van der Waals surface area contributed by atoms with Gasteiger partial charge in [-0.05, 0) is 68.9 Å². The van der Waals surface area contributed by atoms with Crippen LogP contribution in [0.2, 0.25) is 0 Å². The van der Waals surface area contributed by atoms with E-state index in [0.717, 1.165) is 24.6 Å². The van der Waals surface area contributed by atoms with Crippen LogP contribution in [-0.4, -0.2) is 57.1 Å². The van der Waals surface area contributed by atoms with Crippen LogP contribution in [0.1, 0.15) is 31.7 Å². The van der Waals surface area contributed by atoms with E-state index >= 15 is 0 Å². The smallest absolute Gasteiger partial charge is 0.147 e. The number of ether oxygens (including phenoxy) is 2. The van der Waals surface area contributed by atoms with Gasteiger partial charge in [-0.3, -0.25) is 4.79 Å². The number of carbonyl (C=O) groups excluding carboxylic acids is 1. The van der Waals surface area contributed by atoms with Gasteiger partial charge in [-0.15, -0.1) is 0 Å². The molecule has 0 radical (unpaired) electrons. The van der Waals surface area contributed by atoms with Gasteiger partial charge in [-0.1, -0.05) is 19.1 Å². The highest BCUT2D eigenvalue weighted by molar-refractivity contribution is 5.81. The van der Waals surface area contributed by atoms with Gasteiger partial charge in [0.1, 0.15) is 23.4 Å². The van der Waals surface area contributed by atoms with Gasteiger partial charge in [-0.2, -0.15) is 0 Å². The summed E-state index contributed by atoms with van der Waals surface area (Å²) in [6.07, 6.45) is 0.768. The Morgan fingerprint density at radius 2 is 1.69 bits per heavy atom. The molecule has 3 rings (SSSR count). The molecule has 1 aliphatic heterocycles. The largest absolute Gasteiger partial charge is 0.494 e. The minimum atomic E-state index is 0.200. The zero-order valence-corrected chi connectivity index (χ0v) is 17.9. The summed E-state index contributed by atoms with van der Waals surface area (Å²) in [5.41, 5.74) is 2.37. The van der Waals surface area contributed by atoms with Gasteiger partial charge < -0.3 is 19.3 Å². The summed E-state index contributed by atoms with van der Waals surface area (Å²) >= 11 is 0. The van der Waals surface area contributed by atoms with Gasteiger partial charge >= 0.3 is 0 Å². The molecule has 0 saturated carbocycles. The second-order valence-electron chi connectivity index (χ2n) is 8.02. The SMILES string of the molecule is CCOc1ccc(N2CC(Oc3ccc([C@H](C)CC(=O)CN(C)C)cc3)C2)cc1. The van der Waals surface area contributed by atoms with E-state index in [1.54, 1.807) is 0 Å². The predicted molar refractivity (Wildman–Crippen MR) is 117 cm³/mol. The molecule has 0 bridgehead atoms. The number of anilines is 1.